The van der Waals surface area contributed by atoms with E-state index in [0.29, 0.717) is 6.61 Å². The molecule has 0 saturated heterocycles. The summed E-state index contributed by atoms with van der Waals surface area (Å²) in [6.45, 7) is 4.56. The Morgan fingerprint density at radius 2 is 1.33 bits per heavy atom. The summed E-state index contributed by atoms with van der Waals surface area (Å²) < 4.78 is 0. The van der Waals surface area contributed by atoms with Crippen LogP contribution in [-0.2, 0) is 0 Å². The van der Waals surface area contributed by atoms with Gasteiger partial charge in [0, 0.05) is 6.61 Å². The molecule has 2 heteroatoms. The summed E-state index contributed by atoms with van der Waals surface area (Å²) in [6.07, 6.45) is 9.14. The second-order valence-corrected chi connectivity index (χ2v) is 4.61. The standard InChI is InChI=1S/C13H28O2/c1-3-9-13(15,10-4-2)11-7-5-6-8-12-14/h14-15H,3-12H2,1-2H3. The Morgan fingerprint density at radius 3 is 1.80 bits per heavy atom. The van der Waals surface area contributed by atoms with Crippen LogP contribution >= 0.6 is 0 Å². The molecule has 0 atom stereocenters. The van der Waals surface area contributed by atoms with Gasteiger partial charge in [-0.05, 0) is 25.7 Å². The SMILES string of the molecule is CCCC(O)(CCC)CCCCCCO. The number of aliphatic hydroxyl groups is 2. The van der Waals surface area contributed by atoms with E-state index in [0.717, 1.165) is 57.8 Å². The van der Waals surface area contributed by atoms with Gasteiger partial charge in [0.05, 0.1) is 5.60 Å². The third-order valence-corrected chi connectivity index (χ3v) is 2.98. The third-order valence-electron chi connectivity index (χ3n) is 2.98. The maximum atomic E-state index is 10.3. The van der Waals surface area contributed by atoms with Gasteiger partial charge in [-0.25, -0.2) is 0 Å². The first-order valence-electron chi connectivity index (χ1n) is 6.51. The Hall–Kier alpha value is -0.0800. The van der Waals surface area contributed by atoms with Crippen LogP contribution in [0.1, 0.15) is 71.6 Å². The number of hydrogen-bond donors (Lipinski definition) is 2. The minimum Gasteiger partial charge on any atom is -0.396 e. The molecule has 0 unspecified atom stereocenters. The van der Waals surface area contributed by atoms with Crippen molar-refractivity contribution in [2.24, 2.45) is 0 Å². The van der Waals surface area contributed by atoms with Crippen LogP contribution in [-0.4, -0.2) is 22.4 Å². The summed E-state index contributed by atoms with van der Waals surface area (Å²) in [5, 5.41) is 19.0. The zero-order valence-corrected chi connectivity index (χ0v) is 10.5. The molecule has 2 N–H and O–H groups in total. The van der Waals surface area contributed by atoms with Crippen LogP contribution < -0.4 is 0 Å². The van der Waals surface area contributed by atoms with E-state index >= 15 is 0 Å². The average Bonchev–Trinajstić information content (AvgIpc) is 2.18. The first-order chi connectivity index (χ1) is 7.18. The van der Waals surface area contributed by atoms with Crippen molar-refractivity contribution in [2.45, 2.75) is 77.2 Å². The Balaban J connectivity index is 3.65. The summed E-state index contributed by atoms with van der Waals surface area (Å²) in [5.74, 6) is 0. The highest BCUT2D eigenvalue weighted by Crippen LogP contribution is 2.26. The molecule has 0 aromatic rings. The van der Waals surface area contributed by atoms with Crippen molar-refractivity contribution in [2.75, 3.05) is 6.61 Å². The van der Waals surface area contributed by atoms with E-state index in [1.807, 2.05) is 0 Å². The molecule has 0 aromatic heterocycles. The van der Waals surface area contributed by atoms with Gasteiger partial charge in [-0.15, -0.1) is 0 Å². The van der Waals surface area contributed by atoms with Crippen molar-refractivity contribution in [1.29, 1.82) is 0 Å². The summed E-state index contributed by atoms with van der Waals surface area (Å²) >= 11 is 0. The molecule has 0 amide bonds. The molecule has 0 aliphatic rings. The lowest BCUT2D eigenvalue weighted by atomic mass is 9.87. The predicted octanol–water partition coefficient (Wildman–Crippen LogP) is 3.26. The van der Waals surface area contributed by atoms with Crippen LogP contribution in [0.4, 0.5) is 0 Å². The monoisotopic (exact) mass is 216 g/mol. The molecule has 0 saturated carbocycles. The van der Waals surface area contributed by atoms with E-state index in [1.165, 1.54) is 0 Å². The molecule has 0 bridgehead atoms. The second kappa shape index (κ2) is 9.17. The van der Waals surface area contributed by atoms with Crippen LogP contribution in [0.25, 0.3) is 0 Å². The Bertz CT molecular complexity index is 128. The van der Waals surface area contributed by atoms with Crippen molar-refractivity contribution < 1.29 is 10.2 Å². The van der Waals surface area contributed by atoms with E-state index in [1.54, 1.807) is 0 Å². The molecule has 0 aromatic carbocycles. The molecular formula is C13H28O2. The lowest BCUT2D eigenvalue weighted by Gasteiger charge is -2.27. The normalized spacial score (nSPS) is 12.0. The van der Waals surface area contributed by atoms with E-state index in [-0.39, 0.29) is 0 Å². The molecule has 15 heavy (non-hydrogen) atoms. The van der Waals surface area contributed by atoms with E-state index in [4.69, 9.17) is 5.11 Å². The highest BCUT2D eigenvalue weighted by atomic mass is 16.3. The maximum absolute atomic E-state index is 10.3. The Kier molecular flexibility index (Phi) is 9.12. The first-order valence-corrected chi connectivity index (χ1v) is 6.51. The number of rotatable bonds is 10. The zero-order valence-electron chi connectivity index (χ0n) is 10.5. The highest BCUT2D eigenvalue weighted by molar-refractivity contribution is 4.77. The van der Waals surface area contributed by atoms with Gasteiger partial charge in [0.1, 0.15) is 0 Å². The van der Waals surface area contributed by atoms with Crippen LogP contribution in [0.2, 0.25) is 0 Å². The lowest BCUT2D eigenvalue weighted by Crippen LogP contribution is -2.28. The van der Waals surface area contributed by atoms with Gasteiger partial charge in [0.25, 0.3) is 0 Å². The fraction of sp³-hybridized carbons (Fsp3) is 1.00. The van der Waals surface area contributed by atoms with E-state index in [2.05, 4.69) is 13.8 Å². The zero-order chi connectivity index (χ0) is 11.6. The average molecular weight is 216 g/mol. The smallest absolute Gasteiger partial charge is 0.0647 e. The van der Waals surface area contributed by atoms with Crippen LogP contribution in [0.15, 0.2) is 0 Å². The molecule has 0 rings (SSSR count). The predicted molar refractivity (Wildman–Crippen MR) is 64.9 cm³/mol. The molecule has 0 fully saturated rings. The van der Waals surface area contributed by atoms with Gasteiger partial charge in [-0.1, -0.05) is 46.0 Å². The quantitative estimate of drug-likeness (QED) is 0.550. The number of aliphatic hydroxyl groups excluding tert-OH is 1. The van der Waals surface area contributed by atoms with Crippen molar-refractivity contribution in [3.63, 3.8) is 0 Å². The molecular weight excluding hydrogens is 188 g/mol. The van der Waals surface area contributed by atoms with Crippen LogP contribution in [0, 0.1) is 0 Å². The van der Waals surface area contributed by atoms with Crippen molar-refractivity contribution in [3.05, 3.63) is 0 Å². The Labute approximate surface area is 94.7 Å². The molecule has 92 valence electrons. The van der Waals surface area contributed by atoms with Gasteiger partial charge in [0.2, 0.25) is 0 Å². The third kappa shape index (κ3) is 7.80. The molecule has 0 aliphatic carbocycles. The van der Waals surface area contributed by atoms with Crippen LogP contribution in [0.5, 0.6) is 0 Å². The van der Waals surface area contributed by atoms with Crippen LogP contribution in [0.3, 0.4) is 0 Å². The summed E-state index contributed by atoms with van der Waals surface area (Å²) in [4.78, 5) is 0. The topological polar surface area (TPSA) is 40.5 Å². The minimum absolute atomic E-state index is 0.300. The van der Waals surface area contributed by atoms with Crippen molar-refractivity contribution >= 4 is 0 Å². The number of hydrogen-bond acceptors (Lipinski definition) is 2. The molecule has 0 aliphatic heterocycles. The second-order valence-electron chi connectivity index (χ2n) is 4.61. The van der Waals surface area contributed by atoms with Crippen molar-refractivity contribution in [1.82, 2.24) is 0 Å². The Morgan fingerprint density at radius 1 is 0.800 bits per heavy atom. The maximum Gasteiger partial charge on any atom is 0.0647 e. The summed E-state index contributed by atoms with van der Waals surface area (Å²) in [7, 11) is 0. The van der Waals surface area contributed by atoms with Gasteiger partial charge < -0.3 is 10.2 Å². The number of unbranched alkanes of at least 4 members (excludes halogenated alkanes) is 3. The highest BCUT2D eigenvalue weighted by Gasteiger charge is 2.23. The van der Waals surface area contributed by atoms with E-state index in [9.17, 15) is 5.11 Å². The lowest BCUT2D eigenvalue weighted by molar-refractivity contribution is 0.0105. The molecule has 0 spiro atoms. The van der Waals surface area contributed by atoms with E-state index < -0.39 is 5.60 Å². The van der Waals surface area contributed by atoms with Gasteiger partial charge >= 0.3 is 0 Å². The summed E-state index contributed by atoms with van der Waals surface area (Å²) in [6, 6.07) is 0. The molecule has 0 radical (unpaired) electrons. The fourth-order valence-electron chi connectivity index (χ4n) is 2.23. The fourth-order valence-corrected chi connectivity index (χ4v) is 2.23. The molecule has 0 heterocycles. The van der Waals surface area contributed by atoms with Gasteiger partial charge in [0.15, 0.2) is 0 Å². The summed E-state index contributed by atoms with van der Waals surface area (Å²) in [5.41, 5.74) is -0.414. The largest absolute Gasteiger partial charge is 0.396 e. The minimum atomic E-state index is -0.414. The first kappa shape index (κ1) is 14.9. The van der Waals surface area contributed by atoms with Gasteiger partial charge in [-0.2, -0.15) is 0 Å². The van der Waals surface area contributed by atoms with Crippen molar-refractivity contribution in [3.8, 4) is 0 Å². The van der Waals surface area contributed by atoms with Gasteiger partial charge in [-0.3, -0.25) is 0 Å². The molecule has 2 nitrogen and oxygen atoms in total.